The summed E-state index contributed by atoms with van der Waals surface area (Å²) in [5.41, 5.74) is 5.18. The summed E-state index contributed by atoms with van der Waals surface area (Å²) in [5.74, 6) is 0. The first kappa shape index (κ1) is 15.7. The fraction of sp³-hybridized carbons (Fsp3) is 0.500. The zero-order valence-corrected chi connectivity index (χ0v) is 12.7. The molecule has 1 aliphatic heterocycles. The Kier molecular flexibility index (Phi) is 4.17. The van der Waals surface area contributed by atoms with E-state index in [4.69, 9.17) is 5.73 Å². The Morgan fingerprint density at radius 2 is 2.10 bits per heavy atom. The Morgan fingerprint density at radius 3 is 2.62 bits per heavy atom. The standard InChI is InChI=1S/C12H18N4O4S/c1-14(2)10-5-6-15(8-10)21(19,20)12-4-3-9(13)7-11(12)16(17)18/h3-4,7,10H,5-6,8,13H2,1-2H3. The molecule has 1 aromatic carbocycles. The van der Waals surface area contributed by atoms with Crippen LogP contribution < -0.4 is 5.73 Å². The fourth-order valence-corrected chi connectivity index (χ4v) is 4.01. The van der Waals surface area contributed by atoms with Gasteiger partial charge in [0, 0.05) is 30.9 Å². The maximum atomic E-state index is 12.6. The van der Waals surface area contributed by atoms with E-state index in [1.54, 1.807) is 0 Å². The molecule has 9 heteroatoms. The average Bonchev–Trinajstić information content (AvgIpc) is 2.88. The Labute approximate surface area is 123 Å². The maximum Gasteiger partial charge on any atom is 0.291 e. The van der Waals surface area contributed by atoms with E-state index in [1.807, 2.05) is 19.0 Å². The number of nitrogen functional groups attached to an aromatic ring is 1. The van der Waals surface area contributed by atoms with Crippen molar-refractivity contribution in [2.75, 3.05) is 32.9 Å². The highest BCUT2D eigenvalue weighted by molar-refractivity contribution is 7.89. The molecule has 0 spiro atoms. The van der Waals surface area contributed by atoms with E-state index >= 15 is 0 Å². The summed E-state index contributed by atoms with van der Waals surface area (Å²) in [4.78, 5) is 12.0. The van der Waals surface area contributed by atoms with Crippen molar-refractivity contribution in [2.24, 2.45) is 0 Å². The molecule has 0 aromatic heterocycles. The number of hydrogen-bond acceptors (Lipinski definition) is 6. The van der Waals surface area contributed by atoms with Crippen molar-refractivity contribution in [1.29, 1.82) is 0 Å². The predicted octanol–water partition coefficient (Wildman–Crippen LogP) is 0.502. The van der Waals surface area contributed by atoms with Crippen LogP contribution in [0.25, 0.3) is 0 Å². The largest absolute Gasteiger partial charge is 0.399 e. The summed E-state index contributed by atoms with van der Waals surface area (Å²) >= 11 is 0. The van der Waals surface area contributed by atoms with Crippen molar-refractivity contribution in [1.82, 2.24) is 9.21 Å². The average molecular weight is 314 g/mol. The van der Waals surface area contributed by atoms with Gasteiger partial charge in [0.15, 0.2) is 4.90 Å². The second-order valence-electron chi connectivity index (χ2n) is 5.25. The molecular formula is C12H18N4O4S. The van der Waals surface area contributed by atoms with Crippen LogP contribution in [0.4, 0.5) is 11.4 Å². The number of nitrogens with two attached hydrogens (primary N) is 1. The molecule has 1 fully saturated rings. The van der Waals surface area contributed by atoms with Crippen molar-refractivity contribution in [3.8, 4) is 0 Å². The van der Waals surface area contributed by atoms with E-state index in [2.05, 4.69) is 0 Å². The molecule has 1 aliphatic rings. The van der Waals surface area contributed by atoms with Gasteiger partial charge in [-0.25, -0.2) is 8.42 Å². The quantitative estimate of drug-likeness (QED) is 0.492. The van der Waals surface area contributed by atoms with Crippen LogP contribution >= 0.6 is 0 Å². The minimum Gasteiger partial charge on any atom is -0.399 e. The zero-order valence-electron chi connectivity index (χ0n) is 11.9. The molecule has 2 rings (SSSR count). The number of nitro groups is 1. The van der Waals surface area contributed by atoms with Gasteiger partial charge in [0.2, 0.25) is 10.0 Å². The molecule has 0 bridgehead atoms. The van der Waals surface area contributed by atoms with Gasteiger partial charge in [-0.05, 0) is 32.6 Å². The third kappa shape index (κ3) is 2.99. The number of anilines is 1. The van der Waals surface area contributed by atoms with Gasteiger partial charge in [0.05, 0.1) is 4.92 Å². The normalized spacial score (nSPS) is 20.0. The van der Waals surface area contributed by atoms with Crippen LogP contribution in [0, 0.1) is 10.1 Å². The minimum absolute atomic E-state index is 0.118. The molecule has 2 N–H and O–H groups in total. The Bertz CT molecular complexity index is 659. The van der Waals surface area contributed by atoms with Crippen LogP contribution in [0.5, 0.6) is 0 Å². The Balaban J connectivity index is 2.39. The van der Waals surface area contributed by atoms with Crippen LogP contribution in [-0.2, 0) is 10.0 Å². The molecule has 1 atom stereocenters. The topological polar surface area (TPSA) is 110 Å². The Hall–Kier alpha value is -1.71. The number of sulfonamides is 1. The smallest absolute Gasteiger partial charge is 0.291 e. The molecule has 0 saturated carbocycles. The van der Waals surface area contributed by atoms with Gasteiger partial charge in [0.25, 0.3) is 5.69 Å². The van der Waals surface area contributed by atoms with E-state index in [-0.39, 0.29) is 16.6 Å². The highest BCUT2D eigenvalue weighted by atomic mass is 32.2. The van der Waals surface area contributed by atoms with Gasteiger partial charge in [-0.15, -0.1) is 0 Å². The maximum absolute atomic E-state index is 12.6. The van der Waals surface area contributed by atoms with Crippen LogP contribution in [-0.4, -0.2) is 55.8 Å². The number of likely N-dealkylation sites (N-methyl/N-ethyl adjacent to an activating group) is 1. The lowest BCUT2D eigenvalue weighted by atomic mass is 10.2. The van der Waals surface area contributed by atoms with Crippen LogP contribution in [0.3, 0.4) is 0 Å². The summed E-state index contributed by atoms with van der Waals surface area (Å²) in [6, 6.07) is 3.75. The molecule has 1 saturated heterocycles. The number of benzene rings is 1. The van der Waals surface area contributed by atoms with Crippen molar-refractivity contribution in [3.05, 3.63) is 28.3 Å². The number of nitrogens with zero attached hydrogens (tertiary/aromatic N) is 3. The second kappa shape index (κ2) is 5.58. The molecule has 1 unspecified atom stereocenters. The Morgan fingerprint density at radius 1 is 1.43 bits per heavy atom. The first-order chi connectivity index (χ1) is 9.73. The molecule has 1 heterocycles. The summed E-state index contributed by atoms with van der Waals surface area (Å²) in [6.07, 6.45) is 0.703. The van der Waals surface area contributed by atoms with Crippen molar-refractivity contribution >= 4 is 21.4 Å². The molecule has 21 heavy (non-hydrogen) atoms. The number of nitro benzene ring substituents is 1. The van der Waals surface area contributed by atoms with Crippen molar-refractivity contribution in [3.63, 3.8) is 0 Å². The summed E-state index contributed by atoms with van der Waals surface area (Å²) < 4.78 is 26.5. The van der Waals surface area contributed by atoms with Gasteiger partial charge >= 0.3 is 0 Å². The lowest BCUT2D eigenvalue weighted by Crippen LogP contribution is -2.34. The van der Waals surface area contributed by atoms with Gasteiger partial charge in [-0.1, -0.05) is 0 Å². The molecule has 0 aliphatic carbocycles. The van der Waals surface area contributed by atoms with Gasteiger partial charge in [-0.2, -0.15) is 4.31 Å². The molecule has 1 aromatic rings. The highest BCUT2D eigenvalue weighted by Crippen LogP contribution is 2.30. The lowest BCUT2D eigenvalue weighted by molar-refractivity contribution is -0.387. The van der Waals surface area contributed by atoms with Crippen LogP contribution in [0.15, 0.2) is 23.1 Å². The monoisotopic (exact) mass is 314 g/mol. The second-order valence-corrected chi connectivity index (χ2v) is 7.16. The lowest BCUT2D eigenvalue weighted by Gasteiger charge is -2.20. The van der Waals surface area contributed by atoms with Crippen molar-refractivity contribution in [2.45, 2.75) is 17.4 Å². The SMILES string of the molecule is CN(C)C1CCN(S(=O)(=O)c2ccc(N)cc2[N+](=O)[O-])C1. The van der Waals surface area contributed by atoms with Crippen molar-refractivity contribution < 1.29 is 13.3 Å². The predicted molar refractivity (Wildman–Crippen MR) is 78.4 cm³/mol. The number of hydrogen-bond donors (Lipinski definition) is 1. The third-order valence-electron chi connectivity index (χ3n) is 3.65. The van der Waals surface area contributed by atoms with E-state index in [0.29, 0.717) is 19.5 Å². The van der Waals surface area contributed by atoms with Gasteiger partial charge < -0.3 is 10.6 Å². The van der Waals surface area contributed by atoms with Crippen LogP contribution in [0.2, 0.25) is 0 Å². The molecule has 8 nitrogen and oxygen atoms in total. The van der Waals surface area contributed by atoms with Gasteiger partial charge in [-0.3, -0.25) is 10.1 Å². The van der Waals surface area contributed by atoms with E-state index in [0.717, 1.165) is 6.07 Å². The fourth-order valence-electron chi connectivity index (χ4n) is 2.38. The first-order valence-electron chi connectivity index (χ1n) is 6.44. The van der Waals surface area contributed by atoms with E-state index in [1.165, 1.54) is 16.4 Å². The molecule has 0 radical (unpaired) electrons. The van der Waals surface area contributed by atoms with Gasteiger partial charge in [0.1, 0.15) is 0 Å². The third-order valence-corrected chi connectivity index (χ3v) is 5.57. The van der Waals surface area contributed by atoms with E-state index < -0.39 is 20.6 Å². The molecule has 0 amide bonds. The molecular weight excluding hydrogens is 296 g/mol. The first-order valence-corrected chi connectivity index (χ1v) is 7.88. The minimum atomic E-state index is -3.89. The zero-order chi connectivity index (χ0) is 15.8. The highest BCUT2D eigenvalue weighted by Gasteiger charge is 2.37. The molecule has 116 valence electrons. The van der Waals surface area contributed by atoms with E-state index in [9.17, 15) is 18.5 Å². The summed E-state index contributed by atoms with van der Waals surface area (Å²) in [6.45, 7) is 0.684. The van der Waals surface area contributed by atoms with Crippen LogP contribution in [0.1, 0.15) is 6.42 Å². The summed E-state index contributed by atoms with van der Waals surface area (Å²) in [7, 11) is -0.125. The summed E-state index contributed by atoms with van der Waals surface area (Å²) in [5, 5.41) is 11.1. The number of rotatable bonds is 4.